The Morgan fingerprint density at radius 3 is 2.74 bits per heavy atom. The standard InChI is InChI=1S/C17H20N2O2S2/c20-17(6-5-14-3-1-11-22-14)18-13-15(16-4-2-12-23-16)19-7-9-21-10-8-19/h1-6,11-12,15H,7-10,13H2,(H,18,20). The number of ether oxygens (including phenoxy) is 1. The van der Waals surface area contributed by atoms with Crippen LogP contribution in [0.2, 0.25) is 0 Å². The summed E-state index contributed by atoms with van der Waals surface area (Å²) in [6.07, 6.45) is 3.46. The summed E-state index contributed by atoms with van der Waals surface area (Å²) in [5.74, 6) is -0.0479. The normalized spacial score (nSPS) is 17.4. The van der Waals surface area contributed by atoms with Gasteiger partial charge in [0.15, 0.2) is 0 Å². The molecule has 0 bridgehead atoms. The molecule has 6 heteroatoms. The molecule has 0 aromatic carbocycles. The molecule has 0 radical (unpaired) electrons. The van der Waals surface area contributed by atoms with Crippen molar-refractivity contribution in [2.75, 3.05) is 32.8 Å². The van der Waals surface area contributed by atoms with Gasteiger partial charge in [0.25, 0.3) is 0 Å². The number of thiophene rings is 2. The summed E-state index contributed by atoms with van der Waals surface area (Å²) in [5, 5.41) is 7.12. The molecule has 0 aliphatic carbocycles. The minimum Gasteiger partial charge on any atom is -0.379 e. The number of amides is 1. The fourth-order valence-electron chi connectivity index (χ4n) is 2.58. The molecular formula is C17H20N2O2S2. The van der Waals surface area contributed by atoms with E-state index in [-0.39, 0.29) is 11.9 Å². The number of morpholine rings is 1. The Kier molecular flexibility index (Phi) is 5.99. The van der Waals surface area contributed by atoms with Gasteiger partial charge in [-0.1, -0.05) is 12.1 Å². The molecule has 1 aliphatic heterocycles. The van der Waals surface area contributed by atoms with Gasteiger partial charge in [-0.15, -0.1) is 22.7 Å². The van der Waals surface area contributed by atoms with Gasteiger partial charge in [0.05, 0.1) is 19.3 Å². The average Bonchev–Trinajstić information content (AvgIpc) is 3.28. The van der Waals surface area contributed by atoms with E-state index in [4.69, 9.17) is 4.74 Å². The van der Waals surface area contributed by atoms with Gasteiger partial charge in [-0.3, -0.25) is 9.69 Å². The molecule has 3 heterocycles. The van der Waals surface area contributed by atoms with Gasteiger partial charge in [0.2, 0.25) is 5.91 Å². The van der Waals surface area contributed by atoms with E-state index in [0.29, 0.717) is 6.54 Å². The Bertz CT molecular complexity index is 617. The second kappa shape index (κ2) is 8.40. The molecular weight excluding hydrogens is 328 g/mol. The van der Waals surface area contributed by atoms with Crippen molar-refractivity contribution in [1.82, 2.24) is 10.2 Å². The van der Waals surface area contributed by atoms with Crippen LogP contribution in [0, 0.1) is 0 Å². The van der Waals surface area contributed by atoms with E-state index < -0.39 is 0 Å². The van der Waals surface area contributed by atoms with Crippen LogP contribution in [-0.4, -0.2) is 43.7 Å². The predicted octanol–water partition coefficient (Wildman–Crippen LogP) is 3.01. The van der Waals surface area contributed by atoms with Crippen LogP contribution in [0.25, 0.3) is 6.08 Å². The zero-order valence-corrected chi connectivity index (χ0v) is 14.4. The Labute approximate surface area is 144 Å². The summed E-state index contributed by atoms with van der Waals surface area (Å²) >= 11 is 3.36. The Hall–Kier alpha value is -1.47. The Morgan fingerprint density at radius 1 is 1.26 bits per heavy atom. The van der Waals surface area contributed by atoms with E-state index >= 15 is 0 Å². The summed E-state index contributed by atoms with van der Waals surface area (Å²) in [5.41, 5.74) is 0. The van der Waals surface area contributed by atoms with Crippen LogP contribution in [0.1, 0.15) is 15.8 Å². The maximum Gasteiger partial charge on any atom is 0.244 e. The van der Waals surface area contributed by atoms with Crippen LogP contribution in [0.4, 0.5) is 0 Å². The number of hydrogen-bond donors (Lipinski definition) is 1. The van der Waals surface area contributed by atoms with Crippen molar-refractivity contribution >= 4 is 34.7 Å². The highest BCUT2D eigenvalue weighted by Gasteiger charge is 2.23. The first-order valence-corrected chi connectivity index (χ1v) is 9.43. The third kappa shape index (κ3) is 4.75. The molecule has 23 heavy (non-hydrogen) atoms. The smallest absolute Gasteiger partial charge is 0.244 e. The van der Waals surface area contributed by atoms with E-state index in [1.165, 1.54) is 4.88 Å². The minimum absolute atomic E-state index is 0.0479. The molecule has 3 rings (SSSR count). The molecule has 4 nitrogen and oxygen atoms in total. The van der Waals surface area contributed by atoms with Gasteiger partial charge in [-0.05, 0) is 29.0 Å². The minimum atomic E-state index is -0.0479. The van der Waals surface area contributed by atoms with Crippen LogP contribution < -0.4 is 5.32 Å². The molecule has 1 aliphatic rings. The molecule has 1 saturated heterocycles. The van der Waals surface area contributed by atoms with Crippen LogP contribution in [0.3, 0.4) is 0 Å². The molecule has 1 atom stereocenters. The highest BCUT2D eigenvalue weighted by Crippen LogP contribution is 2.25. The van der Waals surface area contributed by atoms with Crippen molar-refractivity contribution < 1.29 is 9.53 Å². The van der Waals surface area contributed by atoms with Crippen molar-refractivity contribution in [2.45, 2.75) is 6.04 Å². The largest absolute Gasteiger partial charge is 0.379 e. The van der Waals surface area contributed by atoms with Gasteiger partial charge < -0.3 is 10.1 Å². The number of nitrogens with one attached hydrogen (secondary N) is 1. The first kappa shape index (κ1) is 16.4. The van der Waals surface area contributed by atoms with E-state index in [1.54, 1.807) is 28.7 Å². The highest BCUT2D eigenvalue weighted by atomic mass is 32.1. The summed E-state index contributed by atoms with van der Waals surface area (Å²) in [7, 11) is 0. The fraction of sp³-hybridized carbons (Fsp3) is 0.353. The zero-order chi connectivity index (χ0) is 15.9. The van der Waals surface area contributed by atoms with E-state index in [1.807, 2.05) is 23.6 Å². The summed E-state index contributed by atoms with van der Waals surface area (Å²) in [4.78, 5) is 16.8. The summed E-state index contributed by atoms with van der Waals surface area (Å²) in [6.45, 7) is 3.95. The van der Waals surface area contributed by atoms with E-state index in [9.17, 15) is 4.79 Å². The van der Waals surface area contributed by atoms with Crippen LogP contribution in [0.5, 0.6) is 0 Å². The summed E-state index contributed by atoms with van der Waals surface area (Å²) < 4.78 is 5.44. The predicted molar refractivity (Wildman–Crippen MR) is 95.8 cm³/mol. The molecule has 0 saturated carbocycles. The molecule has 2 aromatic rings. The quantitative estimate of drug-likeness (QED) is 0.816. The fourth-order valence-corrected chi connectivity index (χ4v) is 4.06. The molecule has 0 spiro atoms. The number of carbonyl (C=O) groups excluding carboxylic acids is 1. The summed E-state index contributed by atoms with van der Waals surface area (Å²) in [6, 6.07) is 8.40. The highest BCUT2D eigenvalue weighted by molar-refractivity contribution is 7.10. The third-order valence-electron chi connectivity index (χ3n) is 3.77. The van der Waals surface area contributed by atoms with Gasteiger partial charge in [-0.25, -0.2) is 0 Å². The number of hydrogen-bond acceptors (Lipinski definition) is 5. The van der Waals surface area contributed by atoms with Crippen LogP contribution >= 0.6 is 22.7 Å². The third-order valence-corrected chi connectivity index (χ3v) is 5.58. The Morgan fingerprint density at radius 2 is 2.04 bits per heavy atom. The van der Waals surface area contributed by atoms with E-state index in [0.717, 1.165) is 31.2 Å². The van der Waals surface area contributed by atoms with Crippen molar-refractivity contribution in [3.63, 3.8) is 0 Å². The molecule has 2 aromatic heterocycles. The average molecular weight is 348 g/mol. The van der Waals surface area contributed by atoms with Crippen LogP contribution in [0.15, 0.2) is 41.1 Å². The first-order chi connectivity index (χ1) is 11.3. The van der Waals surface area contributed by atoms with Gasteiger partial charge in [0, 0.05) is 35.5 Å². The lowest BCUT2D eigenvalue weighted by molar-refractivity contribution is -0.116. The SMILES string of the molecule is O=C(C=Cc1cccs1)NCC(c1cccs1)N1CCOCC1. The number of nitrogens with zero attached hydrogens (tertiary/aromatic N) is 1. The lowest BCUT2D eigenvalue weighted by Gasteiger charge is -2.34. The zero-order valence-electron chi connectivity index (χ0n) is 12.8. The topological polar surface area (TPSA) is 41.6 Å². The number of carbonyl (C=O) groups is 1. The maximum atomic E-state index is 12.1. The van der Waals surface area contributed by atoms with Crippen molar-refractivity contribution in [2.24, 2.45) is 0 Å². The lowest BCUT2D eigenvalue weighted by atomic mass is 10.2. The molecule has 1 unspecified atom stereocenters. The van der Waals surface area contributed by atoms with Gasteiger partial charge in [0.1, 0.15) is 0 Å². The van der Waals surface area contributed by atoms with Crippen LogP contribution in [-0.2, 0) is 9.53 Å². The monoisotopic (exact) mass is 348 g/mol. The van der Waals surface area contributed by atoms with Gasteiger partial charge in [-0.2, -0.15) is 0 Å². The van der Waals surface area contributed by atoms with Crippen molar-refractivity contribution in [3.05, 3.63) is 50.9 Å². The van der Waals surface area contributed by atoms with Crippen molar-refractivity contribution in [3.8, 4) is 0 Å². The molecule has 1 N–H and O–H groups in total. The number of rotatable bonds is 6. The molecule has 1 fully saturated rings. The second-order valence-corrected chi connectivity index (χ2v) is 7.23. The van der Waals surface area contributed by atoms with E-state index in [2.05, 4.69) is 27.7 Å². The van der Waals surface area contributed by atoms with Crippen molar-refractivity contribution in [1.29, 1.82) is 0 Å². The molecule has 122 valence electrons. The second-order valence-electron chi connectivity index (χ2n) is 5.27. The first-order valence-electron chi connectivity index (χ1n) is 7.67. The maximum absolute atomic E-state index is 12.1. The Balaban J connectivity index is 1.58. The van der Waals surface area contributed by atoms with Gasteiger partial charge >= 0.3 is 0 Å². The molecule has 1 amide bonds. The lowest BCUT2D eigenvalue weighted by Crippen LogP contribution is -2.43.